The summed E-state index contributed by atoms with van der Waals surface area (Å²) < 4.78 is 7.70. The van der Waals surface area contributed by atoms with Crippen molar-refractivity contribution in [3.8, 4) is 0 Å². The fourth-order valence-electron chi connectivity index (χ4n) is 1.31. The van der Waals surface area contributed by atoms with Gasteiger partial charge in [0.05, 0.1) is 12.2 Å². The lowest BCUT2D eigenvalue weighted by atomic mass is 10.0. The van der Waals surface area contributed by atoms with Gasteiger partial charge in [0.2, 0.25) is 0 Å². The Kier molecular flexibility index (Phi) is 1.23. The summed E-state index contributed by atoms with van der Waals surface area (Å²) in [5.74, 6) is 0. The highest BCUT2D eigenvalue weighted by atomic mass is 127. The molecule has 2 nitrogen and oxygen atoms in total. The van der Waals surface area contributed by atoms with Gasteiger partial charge in [-0.25, -0.2) is 3.11 Å². The number of ether oxygens (including phenoxy) is 1. The molecule has 0 saturated carbocycles. The van der Waals surface area contributed by atoms with E-state index in [-0.39, 0.29) is 0 Å². The van der Waals surface area contributed by atoms with Gasteiger partial charge in [-0.15, -0.1) is 0 Å². The third-order valence-electron chi connectivity index (χ3n) is 1.71. The van der Waals surface area contributed by atoms with Gasteiger partial charge in [0.15, 0.2) is 0 Å². The zero-order valence-electron chi connectivity index (χ0n) is 4.51. The first-order chi connectivity index (χ1) is 3.84. The Morgan fingerprint density at radius 3 is 2.12 bits per heavy atom. The molecule has 46 valence electrons. The van der Waals surface area contributed by atoms with Crippen LogP contribution in [-0.4, -0.2) is 28.4 Å². The molecule has 2 atom stereocenters. The summed E-state index contributed by atoms with van der Waals surface area (Å²) in [4.78, 5) is 0. The number of nitrogens with zero attached hydrogens (tertiary/aromatic N) is 1. The molecule has 8 heavy (non-hydrogen) atoms. The van der Waals surface area contributed by atoms with Crippen molar-refractivity contribution in [1.29, 1.82) is 0 Å². The minimum absolute atomic E-state index is 0.575. The molecule has 0 N–H and O–H groups in total. The SMILES string of the molecule is IN1CC2CC(C1)O2. The van der Waals surface area contributed by atoms with E-state index < -0.39 is 0 Å². The number of rotatable bonds is 0. The van der Waals surface area contributed by atoms with Crippen LogP contribution in [0.5, 0.6) is 0 Å². The maximum absolute atomic E-state index is 5.40. The molecule has 3 rings (SSSR count). The largest absolute Gasteiger partial charge is 0.372 e. The first-order valence-electron chi connectivity index (χ1n) is 2.91. The third kappa shape index (κ3) is 0.766. The van der Waals surface area contributed by atoms with Gasteiger partial charge in [0.25, 0.3) is 0 Å². The summed E-state index contributed by atoms with van der Waals surface area (Å²) >= 11 is 2.36. The van der Waals surface area contributed by atoms with Gasteiger partial charge in [-0.05, 0) is 0 Å². The van der Waals surface area contributed by atoms with Crippen LogP contribution >= 0.6 is 22.9 Å². The molecule has 3 saturated heterocycles. The molecule has 3 heterocycles. The molecule has 3 aliphatic rings. The Morgan fingerprint density at radius 1 is 1.38 bits per heavy atom. The smallest absolute Gasteiger partial charge is 0.0739 e. The normalized spacial score (nSPS) is 46.1. The minimum atomic E-state index is 0.575. The lowest BCUT2D eigenvalue weighted by Crippen LogP contribution is -2.53. The highest BCUT2D eigenvalue weighted by molar-refractivity contribution is 14.1. The molecule has 0 radical (unpaired) electrons. The number of morpholine rings is 1. The van der Waals surface area contributed by atoms with Crippen LogP contribution in [0.25, 0.3) is 0 Å². The molecule has 3 heteroatoms. The number of hydrogen-bond acceptors (Lipinski definition) is 2. The third-order valence-corrected chi connectivity index (χ3v) is 2.50. The van der Waals surface area contributed by atoms with Crippen LogP contribution in [0.15, 0.2) is 0 Å². The molecule has 0 aromatic heterocycles. The molecule has 2 unspecified atom stereocenters. The number of halogens is 1. The fourth-order valence-corrected chi connectivity index (χ4v) is 2.18. The van der Waals surface area contributed by atoms with Crippen LogP contribution in [0, 0.1) is 0 Å². The second-order valence-corrected chi connectivity index (χ2v) is 3.81. The second kappa shape index (κ2) is 1.82. The fraction of sp³-hybridized carbons (Fsp3) is 1.00. The van der Waals surface area contributed by atoms with E-state index in [1.165, 1.54) is 6.42 Å². The van der Waals surface area contributed by atoms with Crippen LogP contribution in [0.3, 0.4) is 0 Å². The predicted molar refractivity (Wildman–Crippen MR) is 38.9 cm³/mol. The Balaban J connectivity index is 1.97. The number of hydrogen-bond donors (Lipinski definition) is 0. The molecular weight excluding hydrogens is 217 g/mol. The summed E-state index contributed by atoms with van der Waals surface area (Å²) in [5.41, 5.74) is 0. The molecule has 0 aromatic rings. The zero-order chi connectivity index (χ0) is 5.56. The Bertz CT molecular complexity index is 92.6. The van der Waals surface area contributed by atoms with E-state index in [1.54, 1.807) is 0 Å². The van der Waals surface area contributed by atoms with E-state index in [0.717, 1.165) is 13.1 Å². The maximum Gasteiger partial charge on any atom is 0.0739 e. The van der Waals surface area contributed by atoms with Crippen LogP contribution in [0.2, 0.25) is 0 Å². The first kappa shape index (κ1) is 5.44. The van der Waals surface area contributed by atoms with Crippen molar-refractivity contribution in [2.75, 3.05) is 13.1 Å². The molecule has 0 spiro atoms. The summed E-state index contributed by atoms with van der Waals surface area (Å²) in [6.45, 7) is 2.27. The molecule has 2 bridgehead atoms. The predicted octanol–water partition coefficient (Wildman–Crippen LogP) is 0.810. The lowest BCUT2D eigenvalue weighted by Gasteiger charge is -2.44. The summed E-state index contributed by atoms with van der Waals surface area (Å²) in [5, 5.41) is 0. The molecule has 0 aromatic carbocycles. The van der Waals surface area contributed by atoms with Crippen molar-refractivity contribution in [3.05, 3.63) is 0 Å². The van der Waals surface area contributed by atoms with Gasteiger partial charge in [0, 0.05) is 42.4 Å². The van der Waals surface area contributed by atoms with Gasteiger partial charge in [-0.2, -0.15) is 0 Å². The molecule has 0 amide bonds. The number of fused-ring (bicyclic) bond motifs is 2. The average Bonchev–Trinajstić information content (AvgIpc) is 1.62. The van der Waals surface area contributed by atoms with E-state index in [1.807, 2.05) is 0 Å². The van der Waals surface area contributed by atoms with Crippen molar-refractivity contribution >= 4 is 22.9 Å². The van der Waals surface area contributed by atoms with Crippen LogP contribution < -0.4 is 0 Å². The van der Waals surface area contributed by atoms with Crippen molar-refractivity contribution in [2.45, 2.75) is 18.6 Å². The molecule has 3 aliphatic heterocycles. The summed E-state index contributed by atoms with van der Waals surface area (Å²) in [6, 6.07) is 0. The zero-order valence-corrected chi connectivity index (χ0v) is 6.67. The highest BCUT2D eigenvalue weighted by Gasteiger charge is 2.37. The molecular formula is C5H8INO. The van der Waals surface area contributed by atoms with Gasteiger partial charge in [0.1, 0.15) is 0 Å². The molecule has 3 fully saturated rings. The summed E-state index contributed by atoms with van der Waals surface area (Å²) in [6.07, 6.45) is 2.45. The van der Waals surface area contributed by atoms with Crippen LogP contribution in [-0.2, 0) is 4.74 Å². The van der Waals surface area contributed by atoms with E-state index in [0.29, 0.717) is 12.2 Å². The maximum atomic E-state index is 5.40. The van der Waals surface area contributed by atoms with Crippen molar-refractivity contribution < 1.29 is 4.74 Å². The van der Waals surface area contributed by atoms with Gasteiger partial charge in [-0.1, -0.05) is 0 Å². The quantitative estimate of drug-likeness (QED) is 0.446. The van der Waals surface area contributed by atoms with E-state index in [2.05, 4.69) is 26.0 Å². The number of piperidine rings is 1. The average molecular weight is 225 g/mol. The van der Waals surface area contributed by atoms with Crippen molar-refractivity contribution in [3.63, 3.8) is 0 Å². The second-order valence-electron chi connectivity index (χ2n) is 2.44. The Morgan fingerprint density at radius 2 is 1.88 bits per heavy atom. The van der Waals surface area contributed by atoms with Crippen molar-refractivity contribution in [2.24, 2.45) is 0 Å². The topological polar surface area (TPSA) is 12.5 Å². The van der Waals surface area contributed by atoms with Crippen molar-refractivity contribution in [1.82, 2.24) is 3.11 Å². The first-order valence-corrected chi connectivity index (χ1v) is 3.87. The molecule has 0 aliphatic carbocycles. The monoisotopic (exact) mass is 225 g/mol. The Labute approximate surface area is 62.7 Å². The highest BCUT2D eigenvalue weighted by Crippen LogP contribution is 2.29. The van der Waals surface area contributed by atoms with Gasteiger partial charge < -0.3 is 4.74 Å². The van der Waals surface area contributed by atoms with Gasteiger partial charge in [-0.3, -0.25) is 0 Å². The van der Waals surface area contributed by atoms with E-state index in [9.17, 15) is 0 Å². The standard InChI is InChI=1S/C5H8INO/c6-7-2-4-1-5(3-7)8-4/h4-5H,1-3H2. The van der Waals surface area contributed by atoms with E-state index >= 15 is 0 Å². The van der Waals surface area contributed by atoms with Crippen LogP contribution in [0.1, 0.15) is 6.42 Å². The van der Waals surface area contributed by atoms with Gasteiger partial charge >= 0.3 is 0 Å². The Hall–Kier alpha value is 0.650. The lowest BCUT2D eigenvalue weighted by molar-refractivity contribution is -0.159. The summed E-state index contributed by atoms with van der Waals surface area (Å²) in [7, 11) is 0. The van der Waals surface area contributed by atoms with Crippen LogP contribution in [0.4, 0.5) is 0 Å². The van der Waals surface area contributed by atoms with E-state index in [4.69, 9.17) is 4.74 Å². The minimum Gasteiger partial charge on any atom is -0.372 e.